The van der Waals surface area contributed by atoms with Crippen LogP contribution >= 0.6 is 11.3 Å². The zero-order valence-corrected chi connectivity index (χ0v) is 12.7. The molecule has 2 heterocycles. The molecule has 1 fully saturated rings. The standard InChI is InChI=1S/C14H24N2OS/c1-13(2,3)12-16-9-11(18-12)8-15-10-14(4)6-5-7-17-14/h9,15H,5-8,10H2,1-4H3. The third-order valence-corrected chi connectivity index (χ3v) is 4.72. The van der Waals surface area contributed by atoms with Gasteiger partial charge in [0.1, 0.15) is 0 Å². The SMILES string of the molecule is CC1(CNCc2cnc(C(C)(C)C)s2)CCCO1. The fraction of sp³-hybridized carbons (Fsp3) is 0.786. The van der Waals surface area contributed by atoms with Crippen molar-refractivity contribution in [1.29, 1.82) is 0 Å². The maximum absolute atomic E-state index is 5.76. The Kier molecular flexibility index (Phi) is 4.09. The molecule has 0 aliphatic carbocycles. The maximum atomic E-state index is 5.76. The summed E-state index contributed by atoms with van der Waals surface area (Å²) in [7, 11) is 0. The van der Waals surface area contributed by atoms with Crippen molar-refractivity contribution in [2.24, 2.45) is 0 Å². The van der Waals surface area contributed by atoms with Crippen molar-refractivity contribution in [1.82, 2.24) is 10.3 Å². The molecule has 4 heteroatoms. The molecule has 1 atom stereocenters. The van der Waals surface area contributed by atoms with Crippen LogP contribution in [-0.4, -0.2) is 23.7 Å². The smallest absolute Gasteiger partial charge is 0.0981 e. The molecule has 1 aromatic rings. The van der Waals surface area contributed by atoms with Gasteiger partial charge in [0.2, 0.25) is 0 Å². The molecule has 0 saturated carbocycles. The Morgan fingerprint density at radius 1 is 1.50 bits per heavy atom. The van der Waals surface area contributed by atoms with Gasteiger partial charge in [-0.1, -0.05) is 20.8 Å². The van der Waals surface area contributed by atoms with E-state index < -0.39 is 0 Å². The lowest BCUT2D eigenvalue weighted by Crippen LogP contribution is -2.36. The van der Waals surface area contributed by atoms with Gasteiger partial charge in [0.15, 0.2) is 0 Å². The van der Waals surface area contributed by atoms with Crippen LogP contribution in [0.25, 0.3) is 0 Å². The quantitative estimate of drug-likeness (QED) is 0.911. The lowest BCUT2D eigenvalue weighted by molar-refractivity contribution is 0.0207. The van der Waals surface area contributed by atoms with Gasteiger partial charge < -0.3 is 10.1 Å². The molecular weight excluding hydrogens is 244 g/mol. The molecule has 1 unspecified atom stereocenters. The van der Waals surface area contributed by atoms with E-state index in [4.69, 9.17) is 4.74 Å². The van der Waals surface area contributed by atoms with E-state index in [1.165, 1.54) is 16.3 Å². The highest BCUT2D eigenvalue weighted by molar-refractivity contribution is 7.11. The molecule has 1 aliphatic heterocycles. The molecule has 18 heavy (non-hydrogen) atoms. The Labute approximate surface area is 114 Å². The van der Waals surface area contributed by atoms with Crippen LogP contribution in [0.5, 0.6) is 0 Å². The first-order valence-corrected chi connectivity index (χ1v) is 7.51. The van der Waals surface area contributed by atoms with Crippen molar-refractivity contribution in [3.8, 4) is 0 Å². The summed E-state index contributed by atoms with van der Waals surface area (Å²) >= 11 is 1.81. The Morgan fingerprint density at radius 2 is 2.28 bits per heavy atom. The molecule has 102 valence electrons. The second-order valence-electron chi connectivity index (χ2n) is 6.39. The van der Waals surface area contributed by atoms with E-state index in [1.807, 2.05) is 6.20 Å². The number of hydrogen-bond donors (Lipinski definition) is 1. The Hall–Kier alpha value is -0.450. The molecule has 0 spiro atoms. The predicted octanol–water partition coefficient (Wildman–Crippen LogP) is 3.10. The van der Waals surface area contributed by atoms with Crippen LogP contribution in [0.15, 0.2) is 6.20 Å². The fourth-order valence-electron chi connectivity index (χ4n) is 2.16. The average Bonchev–Trinajstić information content (AvgIpc) is 2.87. The van der Waals surface area contributed by atoms with Gasteiger partial charge in [0.25, 0.3) is 0 Å². The predicted molar refractivity (Wildman–Crippen MR) is 76.1 cm³/mol. The monoisotopic (exact) mass is 268 g/mol. The largest absolute Gasteiger partial charge is 0.374 e. The third kappa shape index (κ3) is 3.53. The summed E-state index contributed by atoms with van der Waals surface area (Å²) in [6.07, 6.45) is 4.35. The number of hydrogen-bond acceptors (Lipinski definition) is 4. The summed E-state index contributed by atoms with van der Waals surface area (Å²) < 4.78 is 5.76. The molecule has 1 saturated heterocycles. The summed E-state index contributed by atoms with van der Waals surface area (Å²) in [4.78, 5) is 5.81. The number of nitrogens with zero attached hydrogens (tertiary/aromatic N) is 1. The normalized spacial score (nSPS) is 24.7. The van der Waals surface area contributed by atoms with Crippen molar-refractivity contribution in [3.05, 3.63) is 16.1 Å². The molecule has 2 rings (SSSR count). The van der Waals surface area contributed by atoms with Gasteiger partial charge >= 0.3 is 0 Å². The highest BCUT2D eigenvalue weighted by Gasteiger charge is 2.29. The van der Waals surface area contributed by atoms with E-state index in [1.54, 1.807) is 11.3 Å². The lowest BCUT2D eigenvalue weighted by atomic mass is 9.98. The number of rotatable bonds is 4. The van der Waals surface area contributed by atoms with Crippen LogP contribution in [-0.2, 0) is 16.7 Å². The van der Waals surface area contributed by atoms with Crippen LogP contribution in [0.2, 0.25) is 0 Å². The van der Waals surface area contributed by atoms with Gasteiger partial charge in [-0.25, -0.2) is 4.98 Å². The van der Waals surface area contributed by atoms with Gasteiger partial charge in [-0.15, -0.1) is 11.3 Å². The summed E-state index contributed by atoms with van der Waals surface area (Å²) in [5.74, 6) is 0. The Balaban J connectivity index is 1.82. The average molecular weight is 268 g/mol. The van der Waals surface area contributed by atoms with Crippen molar-refractivity contribution in [2.45, 2.75) is 58.1 Å². The third-order valence-electron chi connectivity index (χ3n) is 3.29. The summed E-state index contributed by atoms with van der Waals surface area (Å²) in [5, 5.41) is 4.71. The van der Waals surface area contributed by atoms with Gasteiger partial charge in [-0.05, 0) is 19.8 Å². The van der Waals surface area contributed by atoms with Crippen LogP contribution in [0.3, 0.4) is 0 Å². The van der Waals surface area contributed by atoms with E-state index >= 15 is 0 Å². The summed E-state index contributed by atoms with van der Waals surface area (Å²) in [6, 6.07) is 0. The van der Waals surface area contributed by atoms with Gasteiger partial charge in [-0.2, -0.15) is 0 Å². The van der Waals surface area contributed by atoms with Crippen LogP contribution in [0, 0.1) is 0 Å². The van der Waals surface area contributed by atoms with E-state index in [9.17, 15) is 0 Å². The second kappa shape index (κ2) is 5.27. The number of aromatic nitrogens is 1. The Bertz CT molecular complexity index is 389. The van der Waals surface area contributed by atoms with Gasteiger partial charge in [0, 0.05) is 36.2 Å². The molecule has 0 radical (unpaired) electrons. The van der Waals surface area contributed by atoms with Crippen LogP contribution < -0.4 is 5.32 Å². The minimum atomic E-state index is 0.0392. The molecule has 0 aromatic carbocycles. The van der Waals surface area contributed by atoms with E-state index in [0.29, 0.717) is 0 Å². The molecule has 1 aromatic heterocycles. The summed E-state index contributed by atoms with van der Waals surface area (Å²) in [5.41, 5.74) is 0.195. The highest BCUT2D eigenvalue weighted by atomic mass is 32.1. The number of thiazole rings is 1. The molecule has 1 aliphatic rings. The number of ether oxygens (including phenoxy) is 1. The van der Waals surface area contributed by atoms with Crippen molar-refractivity contribution < 1.29 is 4.74 Å². The number of nitrogens with one attached hydrogen (secondary N) is 1. The lowest BCUT2D eigenvalue weighted by Gasteiger charge is -2.23. The maximum Gasteiger partial charge on any atom is 0.0981 e. The van der Waals surface area contributed by atoms with Gasteiger partial charge in [0.05, 0.1) is 10.6 Å². The zero-order chi connectivity index (χ0) is 13.2. The fourth-order valence-corrected chi connectivity index (χ4v) is 3.10. The molecule has 0 bridgehead atoms. The minimum absolute atomic E-state index is 0.0392. The van der Waals surface area contributed by atoms with Crippen LogP contribution in [0.1, 0.15) is 50.4 Å². The van der Waals surface area contributed by atoms with E-state index in [0.717, 1.165) is 26.1 Å². The first kappa shape index (κ1) is 14.0. The van der Waals surface area contributed by atoms with Crippen molar-refractivity contribution in [2.75, 3.05) is 13.2 Å². The van der Waals surface area contributed by atoms with Crippen molar-refractivity contribution in [3.63, 3.8) is 0 Å². The van der Waals surface area contributed by atoms with E-state index in [2.05, 4.69) is 38.0 Å². The molecule has 0 amide bonds. The minimum Gasteiger partial charge on any atom is -0.374 e. The highest BCUT2D eigenvalue weighted by Crippen LogP contribution is 2.27. The molecule has 1 N–H and O–H groups in total. The van der Waals surface area contributed by atoms with Gasteiger partial charge in [-0.3, -0.25) is 0 Å². The first-order chi connectivity index (χ1) is 8.39. The van der Waals surface area contributed by atoms with E-state index in [-0.39, 0.29) is 11.0 Å². The zero-order valence-electron chi connectivity index (χ0n) is 11.9. The van der Waals surface area contributed by atoms with Crippen molar-refractivity contribution >= 4 is 11.3 Å². The molecule has 3 nitrogen and oxygen atoms in total. The Morgan fingerprint density at radius 3 is 2.83 bits per heavy atom. The second-order valence-corrected chi connectivity index (χ2v) is 7.50. The first-order valence-electron chi connectivity index (χ1n) is 6.69. The van der Waals surface area contributed by atoms with Crippen LogP contribution in [0.4, 0.5) is 0 Å². The molecular formula is C14H24N2OS. The summed E-state index contributed by atoms with van der Waals surface area (Å²) in [6.45, 7) is 11.5. The topological polar surface area (TPSA) is 34.2 Å².